The first-order valence-corrected chi connectivity index (χ1v) is 8.42. The van der Waals surface area contributed by atoms with Gasteiger partial charge >= 0.3 is 0 Å². The molecule has 0 heteroatoms. The van der Waals surface area contributed by atoms with Crippen LogP contribution in [0.1, 0.15) is 69.1 Å². The fraction of sp³-hybridized carbons (Fsp3) is 0.429. The van der Waals surface area contributed by atoms with Gasteiger partial charge in [-0.05, 0) is 54.0 Å². The van der Waals surface area contributed by atoms with Crippen LogP contribution in [0.15, 0.2) is 42.0 Å². The summed E-state index contributed by atoms with van der Waals surface area (Å²) in [6.07, 6.45) is 14.2. The molecule has 1 aromatic carbocycles. The van der Waals surface area contributed by atoms with Crippen LogP contribution >= 0.6 is 0 Å². The zero-order valence-corrected chi connectivity index (χ0v) is 13.5. The van der Waals surface area contributed by atoms with Crippen LogP contribution in [-0.2, 0) is 0 Å². The molecule has 0 aliphatic heterocycles. The van der Waals surface area contributed by atoms with E-state index in [4.69, 9.17) is 0 Å². The molecular weight excluding hydrogens is 252 g/mol. The lowest BCUT2D eigenvalue weighted by Crippen LogP contribution is -2.06. The number of benzene rings is 1. The van der Waals surface area contributed by atoms with Crippen LogP contribution in [0.4, 0.5) is 0 Å². The van der Waals surface area contributed by atoms with Gasteiger partial charge in [-0.15, -0.1) is 0 Å². The van der Waals surface area contributed by atoms with E-state index in [1.165, 1.54) is 36.0 Å². The van der Waals surface area contributed by atoms with Gasteiger partial charge < -0.3 is 0 Å². The van der Waals surface area contributed by atoms with Crippen molar-refractivity contribution in [2.75, 3.05) is 0 Å². The van der Waals surface area contributed by atoms with Crippen molar-refractivity contribution in [3.05, 3.63) is 58.7 Å². The Hall–Kier alpha value is -1.56. The van der Waals surface area contributed by atoms with Crippen LogP contribution in [0.2, 0.25) is 0 Å². The summed E-state index contributed by atoms with van der Waals surface area (Å²) in [7, 11) is 0. The maximum Gasteiger partial charge on any atom is 0.00575 e. The molecule has 0 spiro atoms. The minimum absolute atomic E-state index is 0.635. The zero-order chi connectivity index (χ0) is 14.8. The van der Waals surface area contributed by atoms with Crippen molar-refractivity contribution in [2.24, 2.45) is 5.92 Å². The molecule has 0 saturated heterocycles. The second-order valence-electron chi connectivity index (χ2n) is 6.50. The number of hydrogen-bond acceptors (Lipinski definition) is 0. The molecule has 0 fully saturated rings. The van der Waals surface area contributed by atoms with Crippen LogP contribution in [0.25, 0.3) is 11.6 Å². The summed E-state index contributed by atoms with van der Waals surface area (Å²) in [5, 5.41) is 0. The first kappa shape index (κ1) is 14.4. The molecule has 3 rings (SSSR count). The third-order valence-corrected chi connectivity index (χ3v) is 5.22. The molecule has 0 unspecified atom stereocenters. The van der Waals surface area contributed by atoms with E-state index >= 15 is 0 Å². The topological polar surface area (TPSA) is 0 Å². The maximum atomic E-state index is 2.44. The first-order chi connectivity index (χ1) is 10.2. The van der Waals surface area contributed by atoms with Crippen molar-refractivity contribution in [3.63, 3.8) is 0 Å². The van der Waals surface area contributed by atoms with Crippen molar-refractivity contribution in [1.82, 2.24) is 0 Å². The fourth-order valence-electron chi connectivity index (χ4n) is 3.72. The largest absolute Gasteiger partial charge is 0.0801 e. The van der Waals surface area contributed by atoms with Gasteiger partial charge in [0.05, 0.1) is 0 Å². The third-order valence-electron chi connectivity index (χ3n) is 5.22. The number of fused-ring (bicyclic) bond motifs is 1. The highest BCUT2D eigenvalue weighted by molar-refractivity contribution is 5.79. The summed E-state index contributed by atoms with van der Waals surface area (Å²) < 4.78 is 0. The molecule has 110 valence electrons. The summed E-state index contributed by atoms with van der Waals surface area (Å²) in [5.74, 6) is 1.48. The molecular formula is C21H26. The predicted molar refractivity (Wildman–Crippen MR) is 93.3 cm³/mol. The lowest BCUT2D eigenvalue weighted by atomic mass is 9.84. The second-order valence-corrected chi connectivity index (χ2v) is 6.50. The lowest BCUT2D eigenvalue weighted by molar-refractivity contribution is 0.432. The molecule has 1 aromatic rings. The van der Waals surface area contributed by atoms with E-state index in [1.807, 2.05) is 0 Å². The predicted octanol–water partition coefficient (Wildman–Crippen LogP) is 6.36. The molecule has 0 N–H and O–H groups in total. The van der Waals surface area contributed by atoms with Gasteiger partial charge in [0.1, 0.15) is 0 Å². The van der Waals surface area contributed by atoms with Gasteiger partial charge in [0, 0.05) is 5.92 Å². The van der Waals surface area contributed by atoms with Gasteiger partial charge in [-0.25, -0.2) is 0 Å². The average molecular weight is 278 g/mol. The van der Waals surface area contributed by atoms with Gasteiger partial charge in [0.25, 0.3) is 0 Å². The Morgan fingerprint density at radius 2 is 2.00 bits per heavy atom. The van der Waals surface area contributed by atoms with Crippen molar-refractivity contribution < 1.29 is 0 Å². The maximum absolute atomic E-state index is 2.44. The van der Waals surface area contributed by atoms with E-state index in [0.717, 1.165) is 12.3 Å². The van der Waals surface area contributed by atoms with Crippen molar-refractivity contribution >= 4 is 11.6 Å². The van der Waals surface area contributed by atoms with Crippen molar-refractivity contribution in [3.8, 4) is 0 Å². The Balaban J connectivity index is 1.91. The van der Waals surface area contributed by atoms with Gasteiger partial charge in [0.2, 0.25) is 0 Å². The first-order valence-electron chi connectivity index (χ1n) is 8.42. The third kappa shape index (κ3) is 2.77. The molecule has 0 nitrogen and oxygen atoms in total. The number of allylic oxidation sites excluding steroid dienone is 5. The van der Waals surface area contributed by atoms with Gasteiger partial charge in [0.15, 0.2) is 0 Å². The fourth-order valence-corrected chi connectivity index (χ4v) is 3.72. The Morgan fingerprint density at radius 3 is 2.67 bits per heavy atom. The van der Waals surface area contributed by atoms with Crippen molar-refractivity contribution in [1.29, 1.82) is 0 Å². The van der Waals surface area contributed by atoms with E-state index in [-0.39, 0.29) is 0 Å². The Kier molecular flexibility index (Phi) is 4.14. The van der Waals surface area contributed by atoms with E-state index in [0.29, 0.717) is 5.92 Å². The van der Waals surface area contributed by atoms with Crippen LogP contribution in [0.5, 0.6) is 0 Å². The Bertz CT molecular complexity index is 609. The molecule has 1 atom stereocenters. The Morgan fingerprint density at radius 1 is 1.19 bits per heavy atom. The van der Waals surface area contributed by atoms with Gasteiger partial charge in [-0.2, -0.15) is 0 Å². The Labute approximate surface area is 129 Å². The number of hydrogen-bond donors (Lipinski definition) is 0. The van der Waals surface area contributed by atoms with E-state index in [2.05, 4.69) is 63.3 Å². The van der Waals surface area contributed by atoms with Gasteiger partial charge in [-0.1, -0.05) is 68.7 Å². The van der Waals surface area contributed by atoms with E-state index in [9.17, 15) is 0 Å². The second kappa shape index (κ2) is 6.05. The monoisotopic (exact) mass is 278 g/mol. The highest BCUT2D eigenvalue weighted by atomic mass is 14.3. The molecule has 21 heavy (non-hydrogen) atoms. The molecule has 0 aromatic heterocycles. The SMILES string of the molecule is CCC(CC)C[C@@H]1C(C)=Cc2ccc(C3=CCC=C3)cc21. The summed E-state index contributed by atoms with van der Waals surface area (Å²) in [6, 6.07) is 7.04. The van der Waals surface area contributed by atoms with Gasteiger partial charge in [-0.3, -0.25) is 0 Å². The molecule has 0 saturated carbocycles. The van der Waals surface area contributed by atoms with Crippen LogP contribution in [0, 0.1) is 5.92 Å². The highest BCUT2D eigenvalue weighted by Crippen LogP contribution is 2.42. The highest BCUT2D eigenvalue weighted by Gasteiger charge is 2.25. The minimum Gasteiger partial charge on any atom is -0.0801 e. The van der Waals surface area contributed by atoms with E-state index < -0.39 is 0 Å². The summed E-state index contributed by atoms with van der Waals surface area (Å²) in [6.45, 7) is 6.96. The molecule has 0 amide bonds. The molecule has 0 bridgehead atoms. The quantitative estimate of drug-likeness (QED) is 0.588. The average Bonchev–Trinajstić information content (AvgIpc) is 3.12. The summed E-state index contributed by atoms with van der Waals surface area (Å²) in [4.78, 5) is 0. The van der Waals surface area contributed by atoms with Crippen molar-refractivity contribution in [2.45, 2.75) is 52.4 Å². The molecule has 2 aliphatic carbocycles. The number of rotatable bonds is 5. The normalized spacial score (nSPS) is 19.9. The lowest BCUT2D eigenvalue weighted by Gasteiger charge is -2.21. The smallest absolute Gasteiger partial charge is 0.00575 e. The van der Waals surface area contributed by atoms with Crippen LogP contribution < -0.4 is 0 Å². The molecule has 0 heterocycles. The standard InChI is InChI=1S/C21H26/c1-4-16(5-2)13-20-15(3)12-19-11-10-18(14-21(19)20)17-8-6-7-9-17/h6,8-12,14,16,20H,4-5,7,13H2,1-3H3/t20-/m1/s1. The zero-order valence-electron chi connectivity index (χ0n) is 13.5. The minimum atomic E-state index is 0.635. The summed E-state index contributed by atoms with van der Waals surface area (Å²) in [5.41, 5.74) is 7.32. The van der Waals surface area contributed by atoms with Crippen LogP contribution in [0.3, 0.4) is 0 Å². The molecule has 2 aliphatic rings. The summed E-state index contributed by atoms with van der Waals surface area (Å²) >= 11 is 0. The van der Waals surface area contributed by atoms with Crippen LogP contribution in [-0.4, -0.2) is 0 Å². The van der Waals surface area contributed by atoms with E-state index in [1.54, 1.807) is 11.1 Å². The molecule has 0 radical (unpaired) electrons.